The van der Waals surface area contributed by atoms with E-state index in [1.807, 2.05) is 13.8 Å². The number of hydrogen-bond acceptors (Lipinski definition) is 4. The highest BCUT2D eigenvalue weighted by atomic mass is 35.5. The van der Waals surface area contributed by atoms with Crippen LogP contribution in [0, 0.1) is 0 Å². The normalized spacial score (nSPS) is 27.6. The van der Waals surface area contributed by atoms with Gasteiger partial charge >= 0.3 is 0 Å². The maximum Gasteiger partial charge on any atom is 0.243 e. The second kappa shape index (κ2) is 6.92. The Labute approximate surface area is 148 Å². The maximum atomic E-state index is 13.2. The summed E-state index contributed by atoms with van der Waals surface area (Å²) in [6, 6.07) is 6.11. The molecule has 0 radical (unpaired) electrons. The first kappa shape index (κ1) is 18.1. The van der Waals surface area contributed by atoms with Crippen LogP contribution in [0.15, 0.2) is 29.2 Å². The van der Waals surface area contributed by atoms with E-state index in [0.29, 0.717) is 31.1 Å². The molecule has 2 fully saturated rings. The molecule has 2 atom stereocenters. The molecule has 24 heavy (non-hydrogen) atoms. The summed E-state index contributed by atoms with van der Waals surface area (Å²) < 4.78 is 39.9. The van der Waals surface area contributed by atoms with Crippen molar-refractivity contribution in [3.8, 4) is 0 Å². The van der Waals surface area contributed by atoms with Crippen LogP contribution in [0.5, 0.6) is 0 Å². The topological polar surface area (TPSA) is 55.8 Å². The van der Waals surface area contributed by atoms with E-state index < -0.39 is 15.8 Å². The molecule has 1 spiro atoms. The number of rotatable bonds is 4. The predicted octanol–water partition coefficient (Wildman–Crippen LogP) is 3.42. The Morgan fingerprint density at radius 3 is 2.04 bits per heavy atom. The van der Waals surface area contributed by atoms with Crippen molar-refractivity contribution < 1.29 is 17.9 Å². The van der Waals surface area contributed by atoms with E-state index in [0.717, 1.165) is 12.8 Å². The zero-order chi connectivity index (χ0) is 17.4. The van der Waals surface area contributed by atoms with Gasteiger partial charge in [-0.25, -0.2) is 8.42 Å². The molecule has 0 saturated carbocycles. The van der Waals surface area contributed by atoms with Gasteiger partial charge in [0.15, 0.2) is 5.79 Å². The van der Waals surface area contributed by atoms with Crippen LogP contribution in [0.1, 0.15) is 39.5 Å². The van der Waals surface area contributed by atoms with Crippen molar-refractivity contribution in [2.45, 2.75) is 62.3 Å². The lowest BCUT2D eigenvalue weighted by Crippen LogP contribution is -2.57. The molecule has 0 aromatic heterocycles. The van der Waals surface area contributed by atoms with Crippen LogP contribution in [-0.4, -0.2) is 43.8 Å². The minimum absolute atomic E-state index is 0.137. The lowest BCUT2D eigenvalue weighted by atomic mass is 9.90. The molecule has 2 heterocycles. The summed E-state index contributed by atoms with van der Waals surface area (Å²) in [5.41, 5.74) is 0. The van der Waals surface area contributed by atoms with Gasteiger partial charge in [0, 0.05) is 29.9 Å². The van der Waals surface area contributed by atoms with E-state index in [1.54, 1.807) is 28.6 Å². The van der Waals surface area contributed by atoms with Gasteiger partial charge in [0.1, 0.15) is 0 Å². The molecule has 0 unspecified atom stereocenters. The summed E-state index contributed by atoms with van der Waals surface area (Å²) in [4.78, 5) is 0.285. The summed E-state index contributed by atoms with van der Waals surface area (Å²) in [6.07, 6.45) is 2.59. The highest BCUT2D eigenvalue weighted by molar-refractivity contribution is 7.89. The van der Waals surface area contributed by atoms with Gasteiger partial charge in [-0.05, 0) is 37.1 Å². The van der Waals surface area contributed by atoms with Crippen molar-refractivity contribution in [1.29, 1.82) is 0 Å². The lowest BCUT2D eigenvalue weighted by Gasteiger charge is -2.47. The van der Waals surface area contributed by atoms with Gasteiger partial charge in [0.25, 0.3) is 0 Å². The molecular weight excluding hydrogens is 350 g/mol. The SMILES string of the molecule is CC[C@H]1CC2(C[C@H](CC)N1S(=O)(=O)c1ccc(Cl)cc1)OCCO2. The van der Waals surface area contributed by atoms with Crippen LogP contribution in [-0.2, 0) is 19.5 Å². The van der Waals surface area contributed by atoms with E-state index >= 15 is 0 Å². The first-order chi connectivity index (χ1) is 11.4. The first-order valence-electron chi connectivity index (χ1n) is 8.49. The minimum Gasteiger partial charge on any atom is -0.347 e. The number of sulfonamides is 1. The Bertz CT molecular complexity index is 654. The highest BCUT2D eigenvalue weighted by Gasteiger charge is 2.51. The van der Waals surface area contributed by atoms with E-state index in [9.17, 15) is 8.42 Å². The average Bonchev–Trinajstić information content (AvgIpc) is 3.01. The van der Waals surface area contributed by atoms with Gasteiger partial charge in [0.2, 0.25) is 10.0 Å². The van der Waals surface area contributed by atoms with Crippen molar-refractivity contribution in [2.75, 3.05) is 13.2 Å². The van der Waals surface area contributed by atoms with Crippen LogP contribution >= 0.6 is 11.6 Å². The van der Waals surface area contributed by atoms with Gasteiger partial charge in [-0.15, -0.1) is 0 Å². The molecule has 1 aromatic rings. The zero-order valence-corrected chi connectivity index (χ0v) is 15.6. The van der Waals surface area contributed by atoms with E-state index in [4.69, 9.17) is 21.1 Å². The van der Waals surface area contributed by atoms with Gasteiger partial charge in [-0.1, -0.05) is 25.4 Å². The van der Waals surface area contributed by atoms with Crippen LogP contribution in [0.3, 0.4) is 0 Å². The van der Waals surface area contributed by atoms with Crippen LogP contribution in [0.25, 0.3) is 0 Å². The number of piperidine rings is 1. The molecule has 1 aromatic carbocycles. The minimum atomic E-state index is -3.58. The number of nitrogens with zero attached hydrogens (tertiary/aromatic N) is 1. The molecule has 7 heteroatoms. The maximum absolute atomic E-state index is 13.2. The second-order valence-corrected chi connectivity index (χ2v) is 8.71. The summed E-state index contributed by atoms with van der Waals surface area (Å²) in [5, 5.41) is 0.526. The Morgan fingerprint density at radius 2 is 1.58 bits per heavy atom. The summed E-state index contributed by atoms with van der Waals surface area (Å²) in [7, 11) is -3.58. The van der Waals surface area contributed by atoms with Crippen molar-refractivity contribution in [2.24, 2.45) is 0 Å². The van der Waals surface area contributed by atoms with Crippen molar-refractivity contribution in [1.82, 2.24) is 4.31 Å². The van der Waals surface area contributed by atoms with Gasteiger partial charge in [0.05, 0.1) is 18.1 Å². The average molecular weight is 374 g/mol. The largest absolute Gasteiger partial charge is 0.347 e. The smallest absolute Gasteiger partial charge is 0.243 e. The second-order valence-electron chi connectivity index (χ2n) is 6.43. The first-order valence-corrected chi connectivity index (χ1v) is 10.3. The Morgan fingerprint density at radius 1 is 1.08 bits per heavy atom. The highest BCUT2D eigenvalue weighted by Crippen LogP contribution is 2.42. The number of hydrogen-bond donors (Lipinski definition) is 0. The van der Waals surface area contributed by atoms with E-state index in [-0.39, 0.29) is 17.0 Å². The standard InChI is InChI=1S/C17H24ClNO4S/c1-3-14-11-17(22-9-10-23-17)12-15(4-2)19(14)24(20,21)16-7-5-13(18)6-8-16/h5-8,14-15H,3-4,9-12H2,1-2H3/t14-,15-/m0/s1. The zero-order valence-electron chi connectivity index (χ0n) is 14.1. The fraction of sp³-hybridized carbons (Fsp3) is 0.647. The molecule has 5 nitrogen and oxygen atoms in total. The fourth-order valence-electron chi connectivity index (χ4n) is 3.78. The lowest BCUT2D eigenvalue weighted by molar-refractivity contribution is -0.199. The van der Waals surface area contributed by atoms with Gasteiger partial charge in [-0.2, -0.15) is 4.31 Å². The van der Waals surface area contributed by atoms with Crippen LogP contribution < -0.4 is 0 Å². The van der Waals surface area contributed by atoms with Crippen molar-refractivity contribution in [3.05, 3.63) is 29.3 Å². The molecule has 0 bridgehead atoms. The van der Waals surface area contributed by atoms with E-state index in [2.05, 4.69) is 0 Å². The summed E-state index contributed by atoms with van der Waals surface area (Å²) >= 11 is 5.90. The fourth-order valence-corrected chi connectivity index (χ4v) is 5.86. The molecule has 2 aliphatic heterocycles. The van der Waals surface area contributed by atoms with E-state index in [1.165, 1.54) is 0 Å². The van der Waals surface area contributed by atoms with Crippen molar-refractivity contribution >= 4 is 21.6 Å². The summed E-state index contributed by atoms with van der Waals surface area (Å²) in [6.45, 7) is 5.18. The third kappa shape index (κ3) is 3.22. The third-order valence-electron chi connectivity index (χ3n) is 4.96. The van der Waals surface area contributed by atoms with Gasteiger partial charge < -0.3 is 9.47 Å². The Hall–Kier alpha value is -0.660. The van der Waals surface area contributed by atoms with Crippen molar-refractivity contribution in [3.63, 3.8) is 0 Å². The molecule has 0 N–H and O–H groups in total. The van der Waals surface area contributed by atoms with Crippen LogP contribution in [0.4, 0.5) is 0 Å². The molecule has 2 aliphatic rings. The Balaban J connectivity index is 1.96. The molecule has 0 amide bonds. The number of halogens is 1. The number of ether oxygens (including phenoxy) is 2. The molecule has 0 aliphatic carbocycles. The third-order valence-corrected chi connectivity index (χ3v) is 7.23. The summed E-state index contributed by atoms with van der Waals surface area (Å²) in [5.74, 6) is -0.618. The molecule has 3 rings (SSSR count). The molecular formula is C17H24ClNO4S. The van der Waals surface area contributed by atoms with Gasteiger partial charge in [-0.3, -0.25) is 0 Å². The molecule has 2 saturated heterocycles. The quantitative estimate of drug-likeness (QED) is 0.811. The monoisotopic (exact) mass is 373 g/mol. The van der Waals surface area contributed by atoms with Crippen LogP contribution in [0.2, 0.25) is 5.02 Å². The Kier molecular flexibility index (Phi) is 5.23. The predicted molar refractivity (Wildman–Crippen MR) is 92.5 cm³/mol. The number of benzene rings is 1. The molecule has 134 valence electrons.